The van der Waals surface area contributed by atoms with Crippen molar-refractivity contribution in [2.45, 2.75) is 38.8 Å². The van der Waals surface area contributed by atoms with E-state index in [1.54, 1.807) is 7.11 Å². The number of amides is 1. The quantitative estimate of drug-likeness (QED) is 0.675. The molecule has 5 rings (SSSR count). The van der Waals surface area contributed by atoms with Crippen LogP contribution in [0.3, 0.4) is 0 Å². The minimum Gasteiger partial charge on any atom is -0.497 e. The molecule has 0 radical (unpaired) electrons. The van der Waals surface area contributed by atoms with Gasteiger partial charge in [0.1, 0.15) is 5.75 Å². The molecule has 2 aromatic carbocycles. The van der Waals surface area contributed by atoms with E-state index >= 15 is 0 Å². The van der Waals surface area contributed by atoms with Gasteiger partial charge in [0.05, 0.1) is 13.2 Å². The molecule has 1 aliphatic carbocycles. The number of hydrogen-bond acceptors (Lipinski definition) is 2. The van der Waals surface area contributed by atoms with E-state index in [0.717, 1.165) is 43.7 Å². The smallest absolute Gasteiger partial charge is 0.254 e. The summed E-state index contributed by atoms with van der Waals surface area (Å²) in [6, 6.07) is 14.4. The number of aromatic nitrogens is 1. The van der Waals surface area contributed by atoms with Gasteiger partial charge in [-0.25, -0.2) is 0 Å². The molecule has 2 aliphatic rings. The number of methoxy groups -OCH3 is 1. The molecule has 1 aliphatic heterocycles. The largest absolute Gasteiger partial charge is 0.497 e. The molecule has 0 saturated carbocycles. The minimum absolute atomic E-state index is 0.128. The van der Waals surface area contributed by atoms with Crippen LogP contribution in [0.5, 0.6) is 5.75 Å². The molecule has 138 valence electrons. The van der Waals surface area contributed by atoms with Gasteiger partial charge in [-0.2, -0.15) is 0 Å². The van der Waals surface area contributed by atoms with Gasteiger partial charge in [0, 0.05) is 35.2 Å². The van der Waals surface area contributed by atoms with E-state index in [4.69, 9.17) is 4.74 Å². The Morgan fingerprint density at radius 2 is 1.93 bits per heavy atom. The summed E-state index contributed by atoms with van der Waals surface area (Å²) in [5.74, 6) is 0.906. The Balaban J connectivity index is 1.57. The van der Waals surface area contributed by atoms with Crippen molar-refractivity contribution in [1.29, 1.82) is 0 Å². The number of carbonyl (C=O) groups is 1. The van der Waals surface area contributed by atoms with Gasteiger partial charge in [0.25, 0.3) is 5.91 Å². The van der Waals surface area contributed by atoms with Crippen molar-refractivity contribution in [3.8, 4) is 5.75 Å². The number of rotatable bonds is 2. The van der Waals surface area contributed by atoms with Crippen LogP contribution in [0.25, 0.3) is 10.9 Å². The Morgan fingerprint density at radius 1 is 1.11 bits per heavy atom. The van der Waals surface area contributed by atoms with Crippen molar-refractivity contribution >= 4 is 16.8 Å². The van der Waals surface area contributed by atoms with Crippen molar-refractivity contribution in [3.05, 3.63) is 64.8 Å². The number of ether oxygens (including phenoxy) is 1. The Kier molecular flexibility index (Phi) is 3.74. The summed E-state index contributed by atoms with van der Waals surface area (Å²) < 4.78 is 7.69. The molecule has 0 N–H and O–H groups in total. The van der Waals surface area contributed by atoms with E-state index in [9.17, 15) is 4.79 Å². The van der Waals surface area contributed by atoms with Gasteiger partial charge < -0.3 is 14.2 Å². The summed E-state index contributed by atoms with van der Waals surface area (Å²) in [6.45, 7) is 3.79. The molecule has 0 spiro atoms. The number of fused-ring (bicyclic) bond motifs is 3. The van der Waals surface area contributed by atoms with Crippen LogP contribution < -0.4 is 4.74 Å². The molecule has 4 heteroatoms. The van der Waals surface area contributed by atoms with Crippen molar-refractivity contribution < 1.29 is 9.53 Å². The van der Waals surface area contributed by atoms with E-state index in [2.05, 4.69) is 34.6 Å². The zero-order chi connectivity index (χ0) is 18.5. The molecule has 1 aromatic heterocycles. The summed E-state index contributed by atoms with van der Waals surface area (Å²) in [5.41, 5.74) is 6.19. The Bertz CT molecular complexity index is 1030. The molecule has 27 heavy (non-hydrogen) atoms. The lowest BCUT2D eigenvalue weighted by Gasteiger charge is -2.40. The van der Waals surface area contributed by atoms with Crippen LogP contribution in [0.2, 0.25) is 0 Å². The summed E-state index contributed by atoms with van der Waals surface area (Å²) in [5, 5.41) is 1.38. The van der Waals surface area contributed by atoms with Gasteiger partial charge in [-0.1, -0.05) is 11.6 Å². The maximum absolute atomic E-state index is 13.3. The second kappa shape index (κ2) is 6.15. The molecule has 1 amide bonds. The van der Waals surface area contributed by atoms with Crippen molar-refractivity contribution in [3.63, 3.8) is 0 Å². The normalized spacial score (nSPS) is 18.4. The van der Waals surface area contributed by atoms with Crippen LogP contribution in [-0.4, -0.2) is 29.0 Å². The molecule has 0 saturated heterocycles. The van der Waals surface area contributed by atoms with Crippen LogP contribution >= 0.6 is 0 Å². The van der Waals surface area contributed by atoms with E-state index in [0.29, 0.717) is 0 Å². The highest BCUT2D eigenvalue weighted by Gasteiger charge is 2.37. The standard InChI is InChI=1S/C23H24N2O2/c1-15-6-11-20-19(14-15)18-4-3-5-21-22(18)24(20)12-13-25(21)23(26)16-7-9-17(27-2)10-8-16/h6-11,14,21H,3-5,12-13H2,1-2H3. The third-order valence-corrected chi connectivity index (χ3v) is 6.13. The molecular weight excluding hydrogens is 336 g/mol. The molecule has 3 aromatic rings. The number of carbonyl (C=O) groups excluding carboxylic acids is 1. The molecule has 4 nitrogen and oxygen atoms in total. The highest BCUT2D eigenvalue weighted by atomic mass is 16.5. The van der Waals surface area contributed by atoms with Gasteiger partial charge in [-0.05, 0) is 68.1 Å². The Morgan fingerprint density at radius 3 is 2.70 bits per heavy atom. The second-order valence-electron chi connectivity index (χ2n) is 7.67. The van der Waals surface area contributed by atoms with E-state index in [1.165, 1.54) is 27.7 Å². The molecule has 0 bridgehead atoms. The summed E-state index contributed by atoms with van der Waals surface area (Å²) in [7, 11) is 1.64. The summed E-state index contributed by atoms with van der Waals surface area (Å²) in [6.07, 6.45) is 3.30. The Labute approximate surface area is 159 Å². The van der Waals surface area contributed by atoms with E-state index in [-0.39, 0.29) is 11.9 Å². The highest BCUT2D eigenvalue weighted by molar-refractivity contribution is 5.95. The lowest BCUT2D eigenvalue weighted by molar-refractivity contribution is 0.0601. The van der Waals surface area contributed by atoms with Crippen LogP contribution in [-0.2, 0) is 13.0 Å². The van der Waals surface area contributed by atoms with Gasteiger partial charge in [0.2, 0.25) is 0 Å². The topological polar surface area (TPSA) is 34.5 Å². The van der Waals surface area contributed by atoms with Crippen molar-refractivity contribution in [1.82, 2.24) is 9.47 Å². The first-order valence-corrected chi connectivity index (χ1v) is 9.74. The average molecular weight is 360 g/mol. The third kappa shape index (κ3) is 2.47. The van der Waals surface area contributed by atoms with E-state index in [1.807, 2.05) is 24.3 Å². The maximum atomic E-state index is 13.3. The predicted octanol–water partition coefficient (Wildman–Crippen LogP) is 4.49. The molecular formula is C23H24N2O2. The van der Waals surface area contributed by atoms with Crippen molar-refractivity contribution in [2.24, 2.45) is 0 Å². The average Bonchev–Trinajstić information content (AvgIpc) is 3.03. The van der Waals surface area contributed by atoms with Gasteiger partial charge in [0.15, 0.2) is 0 Å². The van der Waals surface area contributed by atoms with Gasteiger partial charge in [-0.3, -0.25) is 4.79 Å². The highest BCUT2D eigenvalue weighted by Crippen LogP contribution is 2.43. The fraction of sp³-hybridized carbons (Fsp3) is 0.348. The second-order valence-corrected chi connectivity index (χ2v) is 7.67. The fourth-order valence-corrected chi connectivity index (χ4v) is 4.86. The number of nitrogens with zero attached hydrogens (tertiary/aromatic N) is 2. The Hall–Kier alpha value is -2.75. The summed E-state index contributed by atoms with van der Waals surface area (Å²) in [4.78, 5) is 15.3. The first kappa shape index (κ1) is 16.4. The van der Waals surface area contributed by atoms with Gasteiger partial charge in [-0.15, -0.1) is 0 Å². The number of benzene rings is 2. The molecule has 1 atom stereocenters. The first-order valence-electron chi connectivity index (χ1n) is 9.74. The van der Waals surface area contributed by atoms with Crippen molar-refractivity contribution in [2.75, 3.05) is 13.7 Å². The van der Waals surface area contributed by atoms with Crippen LogP contribution in [0, 0.1) is 6.92 Å². The minimum atomic E-state index is 0.128. The van der Waals surface area contributed by atoms with Crippen LogP contribution in [0.1, 0.15) is 46.1 Å². The zero-order valence-electron chi connectivity index (χ0n) is 15.9. The van der Waals surface area contributed by atoms with Crippen LogP contribution in [0.15, 0.2) is 42.5 Å². The molecule has 2 heterocycles. The monoisotopic (exact) mass is 360 g/mol. The molecule has 0 fully saturated rings. The van der Waals surface area contributed by atoms with Crippen LogP contribution in [0.4, 0.5) is 0 Å². The fourth-order valence-electron chi connectivity index (χ4n) is 4.86. The predicted molar refractivity (Wildman–Crippen MR) is 106 cm³/mol. The third-order valence-electron chi connectivity index (χ3n) is 6.13. The summed E-state index contributed by atoms with van der Waals surface area (Å²) >= 11 is 0. The molecule has 1 unspecified atom stereocenters. The first-order chi connectivity index (χ1) is 13.2. The van der Waals surface area contributed by atoms with Gasteiger partial charge >= 0.3 is 0 Å². The number of aryl methyl sites for hydroxylation is 2. The maximum Gasteiger partial charge on any atom is 0.254 e. The SMILES string of the molecule is COc1ccc(C(=O)N2CCn3c4c(c5cc(C)ccc53)CCCC42)cc1. The zero-order valence-corrected chi connectivity index (χ0v) is 15.9. The lowest BCUT2D eigenvalue weighted by atomic mass is 9.89. The lowest BCUT2D eigenvalue weighted by Crippen LogP contribution is -2.43. The van der Waals surface area contributed by atoms with E-state index < -0.39 is 0 Å². The number of hydrogen-bond donors (Lipinski definition) is 0.